The zero-order valence-electron chi connectivity index (χ0n) is 17.3. The second-order valence-corrected chi connectivity index (χ2v) is 8.06. The molecule has 0 spiro atoms. The Morgan fingerprint density at radius 2 is 2.07 bits per heavy atom. The van der Waals surface area contributed by atoms with Crippen LogP contribution in [0.2, 0.25) is 0 Å². The molecule has 0 radical (unpaired) electrons. The number of nitrogens with zero attached hydrogens (tertiary/aromatic N) is 2. The number of rotatable bonds is 6. The molecule has 10 heteroatoms. The molecule has 0 aromatic carbocycles. The summed E-state index contributed by atoms with van der Waals surface area (Å²) in [7, 11) is -3.65. The molecule has 0 saturated heterocycles. The number of pyridine rings is 2. The standard InChI is InChI=1S/C17H19N5O4S/c1-18-17(24)11-9-20-14(22-16(23)10-5-6-10)8-12(11)21-15-13(27(2,25)26)4-3-7-19-15/h3-4,7-10H,5-6H2,1-2H3,(H,18,24)(H2,19,20,21,22,23)/i1D3. The molecule has 0 aliphatic heterocycles. The molecule has 3 N–H and O–H groups in total. The van der Waals surface area contributed by atoms with E-state index in [2.05, 4.69) is 20.6 Å². The molecule has 2 aromatic rings. The van der Waals surface area contributed by atoms with Gasteiger partial charge in [0, 0.05) is 41.7 Å². The van der Waals surface area contributed by atoms with Gasteiger partial charge in [0.2, 0.25) is 5.91 Å². The van der Waals surface area contributed by atoms with Gasteiger partial charge in [0.1, 0.15) is 16.5 Å². The predicted molar refractivity (Wildman–Crippen MR) is 99.6 cm³/mol. The van der Waals surface area contributed by atoms with Crippen molar-refractivity contribution in [3.8, 4) is 0 Å². The number of nitrogens with one attached hydrogen (secondary N) is 3. The molecule has 27 heavy (non-hydrogen) atoms. The van der Waals surface area contributed by atoms with E-state index in [1.54, 1.807) is 0 Å². The van der Waals surface area contributed by atoms with Crippen molar-refractivity contribution >= 4 is 39.0 Å². The number of hydrogen-bond donors (Lipinski definition) is 3. The molecule has 1 aliphatic carbocycles. The molecular weight excluding hydrogens is 370 g/mol. The van der Waals surface area contributed by atoms with Gasteiger partial charge in [-0.25, -0.2) is 18.4 Å². The first-order chi connectivity index (χ1) is 13.9. The molecule has 0 atom stereocenters. The van der Waals surface area contributed by atoms with Crippen LogP contribution in [0, 0.1) is 5.92 Å². The van der Waals surface area contributed by atoms with Gasteiger partial charge in [-0.2, -0.15) is 0 Å². The van der Waals surface area contributed by atoms with Crippen LogP contribution in [0.4, 0.5) is 17.3 Å². The highest BCUT2D eigenvalue weighted by molar-refractivity contribution is 7.90. The summed E-state index contributed by atoms with van der Waals surface area (Å²) < 4.78 is 45.7. The van der Waals surface area contributed by atoms with Gasteiger partial charge in [0.05, 0.1) is 11.3 Å². The third-order valence-electron chi connectivity index (χ3n) is 3.88. The summed E-state index contributed by atoms with van der Waals surface area (Å²) in [6, 6.07) is 4.09. The number of carbonyl (C=O) groups is 2. The number of sulfone groups is 1. The van der Waals surface area contributed by atoms with E-state index in [1.165, 1.54) is 24.4 Å². The molecule has 1 saturated carbocycles. The van der Waals surface area contributed by atoms with Crippen LogP contribution in [0.1, 0.15) is 27.3 Å². The lowest BCUT2D eigenvalue weighted by molar-refractivity contribution is -0.117. The summed E-state index contributed by atoms with van der Waals surface area (Å²) in [5.41, 5.74) is -0.137. The van der Waals surface area contributed by atoms with E-state index in [9.17, 15) is 18.0 Å². The lowest BCUT2D eigenvalue weighted by Crippen LogP contribution is -2.21. The second-order valence-electron chi connectivity index (χ2n) is 6.08. The molecule has 2 amide bonds. The van der Waals surface area contributed by atoms with Crippen LogP contribution in [0.5, 0.6) is 0 Å². The Kier molecular flexibility index (Phi) is 4.09. The Morgan fingerprint density at radius 1 is 1.30 bits per heavy atom. The SMILES string of the molecule is [2H]C([2H])([2H])NC(=O)c1cnc(NC(=O)C2CC2)cc1Nc1ncccc1S(C)(=O)=O. The number of anilines is 3. The van der Waals surface area contributed by atoms with Crippen molar-refractivity contribution in [1.29, 1.82) is 0 Å². The fraction of sp³-hybridized carbons (Fsp3) is 0.294. The third kappa shape index (κ3) is 4.40. The maximum atomic E-state index is 12.4. The van der Waals surface area contributed by atoms with E-state index in [-0.39, 0.29) is 39.6 Å². The van der Waals surface area contributed by atoms with E-state index in [4.69, 9.17) is 4.11 Å². The Balaban J connectivity index is 2.00. The van der Waals surface area contributed by atoms with E-state index in [1.807, 2.05) is 5.32 Å². The van der Waals surface area contributed by atoms with Crippen LogP contribution < -0.4 is 16.0 Å². The first-order valence-electron chi connectivity index (χ1n) is 9.49. The summed E-state index contributed by atoms with van der Waals surface area (Å²) in [6.07, 6.45) is 5.01. The maximum absolute atomic E-state index is 12.4. The minimum absolute atomic E-state index is 0.0291. The van der Waals surface area contributed by atoms with Crippen LogP contribution in [0.3, 0.4) is 0 Å². The molecular formula is C17H19N5O4S. The second kappa shape index (κ2) is 7.31. The highest BCUT2D eigenvalue weighted by Crippen LogP contribution is 2.31. The molecule has 2 aromatic heterocycles. The largest absolute Gasteiger partial charge is 0.355 e. The van der Waals surface area contributed by atoms with E-state index in [0.717, 1.165) is 25.3 Å². The fourth-order valence-corrected chi connectivity index (χ4v) is 3.14. The Labute approximate surface area is 160 Å². The summed E-state index contributed by atoms with van der Waals surface area (Å²) in [4.78, 5) is 32.3. The van der Waals surface area contributed by atoms with Gasteiger partial charge in [-0.15, -0.1) is 0 Å². The number of amides is 2. The normalized spacial score (nSPS) is 15.8. The van der Waals surface area contributed by atoms with E-state index < -0.39 is 22.7 Å². The predicted octanol–water partition coefficient (Wildman–Crippen LogP) is 1.33. The summed E-state index contributed by atoms with van der Waals surface area (Å²) in [5, 5.41) is 7.21. The molecule has 0 bridgehead atoms. The molecule has 1 fully saturated rings. The van der Waals surface area contributed by atoms with Gasteiger partial charge in [0.15, 0.2) is 9.84 Å². The zero-order valence-corrected chi connectivity index (χ0v) is 15.1. The number of carbonyl (C=O) groups excluding carboxylic acids is 2. The Hall–Kier alpha value is -3.01. The van der Waals surface area contributed by atoms with Crippen molar-refractivity contribution in [3.05, 3.63) is 36.2 Å². The highest BCUT2D eigenvalue weighted by Gasteiger charge is 2.30. The van der Waals surface area contributed by atoms with Gasteiger partial charge in [-0.1, -0.05) is 0 Å². The smallest absolute Gasteiger partial charge is 0.254 e. The monoisotopic (exact) mass is 392 g/mol. The maximum Gasteiger partial charge on any atom is 0.254 e. The molecule has 0 unspecified atom stereocenters. The summed E-state index contributed by atoms with van der Waals surface area (Å²) >= 11 is 0. The van der Waals surface area contributed by atoms with E-state index >= 15 is 0 Å². The van der Waals surface area contributed by atoms with Crippen molar-refractivity contribution in [2.75, 3.05) is 23.9 Å². The lowest BCUT2D eigenvalue weighted by Gasteiger charge is -2.14. The molecule has 2 heterocycles. The first kappa shape index (κ1) is 15.1. The van der Waals surface area contributed by atoms with Crippen LogP contribution in [0.15, 0.2) is 35.5 Å². The summed E-state index contributed by atoms with van der Waals surface area (Å²) in [6.45, 7) is -2.74. The quantitative estimate of drug-likeness (QED) is 0.676. The Morgan fingerprint density at radius 3 is 2.74 bits per heavy atom. The van der Waals surface area contributed by atoms with E-state index in [0.29, 0.717) is 0 Å². The zero-order chi connectivity index (χ0) is 22.1. The van der Waals surface area contributed by atoms with Crippen molar-refractivity contribution in [2.45, 2.75) is 17.7 Å². The van der Waals surface area contributed by atoms with Crippen LogP contribution >= 0.6 is 0 Å². The summed E-state index contributed by atoms with van der Waals surface area (Å²) in [5.74, 6) is -1.20. The van der Waals surface area contributed by atoms with Gasteiger partial charge >= 0.3 is 0 Å². The van der Waals surface area contributed by atoms with Crippen molar-refractivity contribution in [3.63, 3.8) is 0 Å². The van der Waals surface area contributed by atoms with Crippen molar-refractivity contribution in [2.24, 2.45) is 5.92 Å². The van der Waals surface area contributed by atoms with Crippen molar-refractivity contribution < 1.29 is 22.1 Å². The molecule has 3 rings (SSSR count). The topological polar surface area (TPSA) is 130 Å². The fourth-order valence-electron chi connectivity index (χ4n) is 2.36. The van der Waals surface area contributed by atoms with Gasteiger partial charge in [0.25, 0.3) is 5.91 Å². The number of aromatic nitrogens is 2. The van der Waals surface area contributed by atoms with Crippen LogP contribution in [0.25, 0.3) is 0 Å². The van der Waals surface area contributed by atoms with Crippen LogP contribution in [-0.2, 0) is 14.6 Å². The molecule has 9 nitrogen and oxygen atoms in total. The number of hydrogen-bond acceptors (Lipinski definition) is 7. The lowest BCUT2D eigenvalue weighted by atomic mass is 10.2. The highest BCUT2D eigenvalue weighted by atomic mass is 32.2. The van der Waals surface area contributed by atoms with Gasteiger partial charge < -0.3 is 16.0 Å². The molecule has 142 valence electrons. The first-order valence-corrected chi connectivity index (χ1v) is 9.89. The minimum Gasteiger partial charge on any atom is -0.355 e. The van der Waals surface area contributed by atoms with Crippen LogP contribution in [-0.4, -0.2) is 43.4 Å². The third-order valence-corrected chi connectivity index (χ3v) is 5.01. The minimum atomic E-state index is -3.65. The average molecular weight is 392 g/mol. The average Bonchev–Trinajstić information content (AvgIpc) is 3.45. The van der Waals surface area contributed by atoms with Gasteiger partial charge in [-0.05, 0) is 25.0 Å². The molecule has 1 aliphatic rings. The Bertz CT molecular complexity index is 1100. The van der Waals surface area contributed by atoms with Crippen molar-refractivity contribution in [1.82, 2.24) is 15.3 Å². The van der Waals surface area contributed by atoms with Gasteiger partial charge in [-0.3, -0.25) is 9.59 Å².